The predicted molar refractivity (Wildman–Crippen MR) is 182 cm³/mol. The monoisotopic (exact) mass is 574 g/mol. The van der Waals surface area contributed by atoms with Crippen LogP contribution in [-0.4, -0.2) is 13.5 Å². The molecule has 2 aliphatic rings. The fourth-order valence-corrected chi connectivity index (χ4v) is 5.02. The first kappa shape index (κ1) is 31.5. The van der Waals surface area contributed by atoms with Crippen LogP contribution in [-0.2, 0) is 18.5 Å². The summed E-state index contributed by atoms with van der Waals surface area (Å²) in [5.74, 6) is 1.98. The van der Waals surface area contributed by atoms with E-state index in [0.717, 1.165) is 37.4 Å². The van der Waals surface area contributed by atoms with Gasteiger partial charge in [-0.1, -0.05) is 101 Å². The number of rotatable bonds is 6. The predicted octanol–water partition coefficient (Wildman–Crippen LogP) is 9.89. The molecule has 2 aliphatic heterocycles. The Morgan fingerprint density at radius 2 is 0.953 bits per heavy atom. The molecular weight excluding hydrogens is 528 g/mol. The molecule has 0 aliphatic carbocycles. The fraction of sp³-hybridized carbons (Fsp3) is 0.282. The van der Waals surface area contributed by atoms with Gasteiger partial charge in [0.15, 0.2) is 13.5 Å². The molecular formula is C39H46N2O2. The van der Waals surface area contributed by atoms with Crippen LogP contribution in [0.3, 0.4) is 0 Å². The van der Waals surface area contributed by atoms with Crippen molar-refractivity contribution in [1.82, 2.24) is 0 Å². The summed E-state index contributed by atoms with van der Waals surface area (Å²) in [5.41, 5.74) is 7.30. The zero-order chi connectivity index (χ0) is 30.7. The molecule has 6 rings (SSSR count). The average molecular weight is 575 g/mol. The molecule has 0 radical (unpaired) electrons. The van der Waals surface area contributed by atoms with Crippen molar-refractivity contribution in [2.75, 3.05) is 23.3 Å². The lowest BCUT2D eigenvalue weighted by molar-refractivity contribution is 0.289. The molecule has 0 N–H and O–H groups in total. The van der Waals surface area contributed by atoms with E-state index in [-0.39, 0.29) is 5.41 Å². The van der Waals surface area contributed by atoms with Crippen LogP contribution in [0.15, 0.2) is 122 Å². The summed E-state index contributed by atoms with van der Waals surface area (Å²) in [4.78, 5) is 4.54. The van der Waals surface area contributed by atoms with E-state index in [4.69, 9.17) is 9.47 Å². The van der Waals surface area contributed by atoms with Crippen LogP contribution in [0.2, 0.25) is 0 Å². The zero-order valence-corrected chi connectivity index (χ0v) is 26.3. The zero-order valence-electron chi connectivity index (χ0n) is 26.3. The summed E-state index contributed by atoms with van der Waals surface area (Å²) in [5, 5.41) is 0. The smallest absolute Gasteiger partial charge is 0.161 e. The second-order valence-corrected chi connectivity index (χ2v) is 11.3. The highest BCUT2D eigenvalue weighted by atomic mass is 16.5. The normalized spacial score (nSPS) is 13.4. The minimum atomic E-state index is -0.104. The standard InChI is InChI=1S/C31H30N2O2.2C4H8/c1-31(2,25-11-15-27(16-12-25)32-19-23-7-3-5-9-29(23)34-21-32)26-13-17-28(18-14-26)33-20-24-8-4-6-10-30(24)35-22-33;2*1-3-4-2/h3-18H,19-22H2,1-2H3;2*3H,1,4H2,2H3. The Labute approximate surface area is 258 Å². The Morgan fingerprint density at radius 1 is 0.605 bits per heavy atom. The van der Waals surface area contributed by atoms with Crippen LogP contribution >= 0.6 is 0 Å². The molecule has 43 heavy (non-hydrogen) atoms. The van der Waals surface area contributed by atoms with Crippen molar-refractivity contribution in [3.05, 3.63) is 145 Å². The highest BCUT2D eigenvalue weighted by Crippen LogP contribution is 2.35. The van der Waals surface area contributed by atoms with Gasteiger partial charge in [0.2, 0.25) is 0 Å². The molecule has 0 aromatic heterocycles. The lowest BCUT2D eigenvalue weighted by Crippen LogP contribution is -2.32. The average Bonchev–Trinajstić information content (AvgIpc) is 3.08. The van der Waals surface area contributed by atoms with Crippen LogP contribution in [0.25, 0.3) is 0 Å². The molecule has 0 unspecified atom stereocenters. The summed E-state index contributed by atoms with van der Waals surface area (Å²) >= 11 is 0. The maximum atomic E-state index is 5.95. The maximum Gasteiger partial charge on any atom is 0.161 e. The number of anilines is 2. The largest absolute Gasteiger partial charge is 0.473 e. The number of ether oxygens (including phenoxy) is 2. The molecule has 2 heterocycles. The highest BCUT2D eigenvalue weighted by Gasteiger charge is 2.25. The van der Waals surface area contributed by atoms with Gasteiger partial charge in [-0.3, -0.25) is 0 Å². The minimum Gasteiger partial charge on any atom is -0.473 e. The number of fused-ring (bicyclic) bond motifs is 2. The lowest BCUT2D eigenvalue weighted by atomic mass is 9.78. The van der Waals surface area contributed by atoms with Gasteiger partial charge in [0.1, 0.15) is 11.5 Å². The van der Waals surface area contributed by atoms with Crippen LogP contribution in [0.1, 0.15) is 62.8 Å². The summed E-state index contributed by atoms with van der Waals surface area (Å²) in [6.07, 6.45) is 5.92. The number of allylic oxidation sites excluding steroid dienone is 2. The summed E-state index contributed by atoms with van der Waals surface area (Å²) in [6.45, 7) is 18.5. The third-order valence-corrected chi connectivity index (χ3v) is 7.91. The molecule has 224 valence electrons. The Kier molecular flexibility index (Phi) is 11.1. The van der Waals surface area contributed by atoms with Crippen molar-refractivity contribution < 1.29 is 9.47 Å². The quantitative estimate of drug-likeness (QED) is 0.214. The molecule has 0 spiro atoms. The van der Waals surface area contributed by atoms with Crippen molar-refractivity contribution in [2.24, 2.45) is 0 Å². The van der Waals surface area contributed by atoms with Crippen LogP contribution < -0.4 is 19.3 Å². The molecule has 4 aromatic rings. The van der Waals surface area contributed by atoms with Gasteiger partial charge in [0.25, 0.3) is 0 Å². The van der Waals surface area contributed by atoms with Gasteiger partial charge < -0.3 is 19.3 Å². The first-order valence-corrected chi connectivity index (χ1v) is 15.2. The SMILES string of the molecule is C=CCC.C=CCC.CC(C)(c1ccc(N2COc3ccccc3C2)cc1)c1ccc(N2COc3ccccc3C2)cc1. The van der Waals surface area contributed by atoms with Gasteiger partial charge in [-0.25, -0.2) is 0 Å². The first-order chi connectivity index (χ1) is 20.9. The molecule has 0 atom stereocenters. The highest BCUT2D eigenvalue weighted by molar-refractivity contribution is 5.55. The molecule has 0 bridgehead atoms. The molecule has 0 fully saturated rings. The minimum absolute atomic E-state index is 0.104. The molecule has 4 heteroatoms. The summed E-state index contributed by atoms with van der Waals surface area (Å²) in [7, 11) is 0. The molecule has 4 aromatic carbocycles. The number of nitrogens with zero attached hydrogens (tertiary/aromatic N) is 2. The Bertz CT molecular complexity index is 1350. The van der Waals surface area contributed by atoms with Gasteiger partial charge in [-0.05, 0) is 60.4 Å². The number of benzene rings is 4. The van der Waals surface area contributed by atoms with Crippen LogP contribution in [0.5, 0.6) is 11.5 Å². The topological polar surface area (TPSA) is 24.9 Å². The summed E-state index contributed by atoms with van der Waals surface area (Å²) in [6, 6.07) is 34.4. The van der Waals surface area contributed by atoms with E-state index >= 15 is 0 Å². The third kappa shape index (κ3) is 7.90. The van der Waals surface area contributed by atoms with Crippen LogP contribution in [0, 0.1) is 0 Å². The van der Waals surface area contributed by atoms with Gasteiger partial charge in [0.05, 0.1) is 0 Å². The second-order valence-electron chi connectivity index (χ2n) is 11.3. The van der Waals surface area contributed by atoms with Crippen molar-refractivity contribution in [3.8, 4) is 11.5 Å². The number of hydrogen-bond acceptors (Lipinski definition) is 4. The van der Waals surface area contributed by atoms with Gasteiger partial charge in [-0.2, -0.15) is 0 Å². The second kappa shape index (κ2) is 15.2. The van der Waals surface area contributed by atoms with E-state index in [1.165, 1.54) is 33.6 Å². The molecule has 0 amide bonds. The fourth-order valence-electron chi connectivity index (χ4n) is 5.02. The van der Waals surface area contributed by atoms with E-state index in [1.807, 2.05) is 36.4 Å². The van der Waals surface area contributed by atoms with Gasteiger partial charge in [-0.15, -0.1) is 13.2 Å². The van der Waals surface area contributed by atoms with Gasteiger partial charge in [0, 0.05) is 41.0 Å². The van der Waals surface area contributed by atoms with E-state index in [0.29, 0.717) is 13.5 Å². The Balaban J connectivity index is 0.000000474. The van der Waals surface area contributed by atoms with E-state index in [2.05, 4.69) is 123 Å². The van der Waals surface area contributed by atoms with E-state index in [9.17, 15) is 0 Å². The molecule has 0 saturated carbocycles. The van der Waals surface area contributed by atoms with E-state index < -0.39 is 0 Å². The Morgan fingerprint density at radius 3 is 1.30 bits per heavy atom. The molecule has 4 nitrogen and oxygen atoms in total. The van der Waals surface area contributed by atoms with Crippen molar-refractivity contribution >= 4 is 11.4 Å². The van der Waals surface area contributed by atoms with Crippen LogP contribution in [0.4, 0.5) is 11.4 Å². The van der Waals surface area contributed by atoms with Crippen molar-refractivity contribution in [2.45, 2.75) is 59.0 Å². The Hall–Kier alpha value is -4.44. The first-order valence-electron chi connectivity index (χ1n) is 15.2. The molecule has 0 saturated heterocycles. The summed E-state index contributed by atoms with van der Waals surface area (Å²) < 4.78 is 11.9. The number of hydrogen-bond donors (Lipinski definition) is 0. The van der Waals surface area contributed by atoms with Gasteiger partial charge >= 0.3 is 0 Å². The van der Waals surface area contributed by atoms with Crippen molar-refractivity contribution in [3.63, 3.8) is 0 Å². The number of para-hydroxylation sites is 2. The van der Waals surface area contributed by atoms with Crippen molar-refractivity contribution in [1.29, 1.82) is 0 Å². The van der Waals surface area contributed by atoms with E-state index in [1.54, 1.807) is 0 Å². The lowest BCUT2D eigenvalue weighted by Gasteiger charge is -2.32. The maximum absolute atomic E-state index is 5.95. The third-order valence-electron chi connectivity index (χ3n) is 7.91.